The molecular weight excluding hydrogens is 312 g/mol. The molecule has 1 amide bonds. The lowest BCUT2D eigenvalue weighted by Crippen LogP contribution is -2.46. The third kappa shape index (κ3) is 7.41. The van der Waals surface area contributed by atoms with Gasteiger partial charge in [-0.3, -0.25) is 14.4 Å². The summed E-state index contributed by atoms with van der Waals surface area (Å²) in [6.45, 7) is 1.50. The standard InChI is InChI=1S/C13H22N2O6S/c1-7(4-10(16)8(14-2)5-11(17)18)12(19)15-9(6-22-3)13(20)21/h7-9,14H,4-6H2,1-3H3,(H,15,19)(H,17,18)(H,20,21)/t7?,8-,9+/m0/s1. The van der Waals surface area contributed by atoms with Gasteiger partial charge in [-0.1, -0.05) is 6.92 Å². The van der Waals surface area contributed by atoms with Gasteiger partial charge in [0.15, 0.2) is 5.78 Å². The van der Waals surface area contributed by atoms with Gasteiger partial charge in [-0.2, -0.15) is 11.8 Å². The summed E-state index contributed by atoms with van der Waals surface area (Å²) < 4.78 is 0. The van der Waals surface area contributed by atoms with Crippen molar-refractivity contribution >= 4 is 35.4 Å². The summed E-state index contributed by atoms with van der Waals surface area (Å²) in [5.41, 5.74) is 0. The lowest BCUT2D eigenvalue weighted by Gasteiger charge is -2.18. The fraction of sp³-hybridized carbons (Fsp3) is 0.692. The average molecular weight is 334 g/mol. The Bertz CT molecular complexity index is 429. The first-order chi connectivity index (χ1) is 10.2. The van der Waals surface area contributed by atoms with Crippen LogP contribution in [-0.4, -0.2) is 65.0 Å². The lowest BCUT2D eigenvalue weighted by molar-refractivity contribution is -0.142. The second-order valence-corrected chi connectivity index (χ2v) is 5.78. The van der Waals surface area contributed by atoms with Crippen LogP contribution in [0, 0.1) is 5.92 Å². The zero-order valence-electron chi connectivity index (χ0n) is 12.8. The van der Waals surface area contributed by atoms with Crippen molar-refractivity contribution in [2.75, 3.05) is 19.1 Å². The highest BCUT2D eigenvalue weighted by molar-refractivity contribution is 7.98. The number of carbonyl (C=O) groups is 4. The molecule has 3 atom stereocenters. The molecule has 126 valence electrons. The molecule has 1 unspecified atom stereocenters. The molecular formula is C13H22N2O6S. The summed E-state index contributed by atoms with van der Waals surface area (Å²) >= 11 is 1.28. The number of thioether (sulfide) groups is 1. The van der Waals surface area contributed by atoms with E-state index in [1.54, 1.807) is 6.26 Å². The number of hydrogen-bond acceptors (Lipinski definition) is 6. The zero-order chi connectivity index (χ0) is 17.3. The SMILES string of the molecule is CN[C@@H](CC(=O)O)C(=O)CC(C)C(=O)N[C@H](CSC)C(=O)O. The molecule has 0 aliphatic heterocycles. The van der Waals surface area contributed by atoms with Crippen LogP contribution < -0.4 is 10.6 Å². The predicted molar refractivity (Wildman–Crippen MR) is 81.8 cm³/mol. The Morgan fingerprint density at radius 1 is 1.09 bits per heavy atom. The molecule has 4 N–H and O–H groups in total. The van der Waals surface area contributed by atoms with Crippen molar-refractivity contribution in [2.45, 2.75) is 31.8 Å². The maximum Gasteiger partial charge on any atom is 0.327 e. The van der Waals surface area contributed by atoms with Crippen molar-refractivity contribution < 1.29 is 29.4 Å². The van der Waals surface area contributed by atoms with Crippen LogP contribution in [0.4, 0.5) is 0 Å². The minimum Gasteiger partial charge on any atom is -0.481 e. The largest absolute Gasteiger partial charge is 0.481 e. The molecule has 0 rings (SSSR count). The van der Waals surface area contributed by atoms with Gasteiger partial charge in [-0.25, -0.2) is 4.79 Å². The third-order valence-electron chi connectivity index (χ3n) is 3.02. The summed E-state index contributed by atoms with van der Waals surface area (Å²) in [6.07, 6.45) is 1.20. The molecule has 0 bridgehead atoms. The Morgan fingerprint density at radius 3 is 2.09 bits per heavy atom. The first-order valence-electron chi connectivity index (χ1n) is 6.66. The number of carboxylic acid groups (broad SMARTS) is 2. The molecule has 0 radical (unpaired) electrons. The number of rotatable bonds is 11. The van der Waals surface area contributed by atoms with Crippen LogP contribution in [0.2, 0.25) is 0 Å². The monoisotopic (exact) mass is 334 g/mol. The highest BCUT2D eigenvalue weighted by Gasteiger charge is 2.27. The molecule has 0 aromatic heterocycles. The maximum absolute atomic E-state index is 11.9. The van der Waals surface area contributed by atoms with Gasteiger partial charge < -0.3 is 20.8 Å². The van der Waals surface area contributed by atoms with Crippen molar-refractivity contribution in [3.05, 3.63) is 0 Å². The van der Waals surface area contributed by atoms with Gasteiger partial charge in [0.1, 0.15) is 6.04 Å². The Hall–Kier alpha value is -1.61. The minimum atomic E-state index is -1.14. The molecule has 0 saturated heterocycles. The molecule has 0 saturated carbocycles. The Morgan fingerprint density at radius 2 is 1.68 bits per heavy atom. The average Bonchev–Trinajstić information content (AvgIpc) is 2.43. The molecule has 0 aromatic carbocycles. The summed E-state index contributed by atoms with van der Waals surface area (Å²) in [7, 11) is 1.47. The number of Topliss-reactive ketones (excluding diaryl/α,β-unsaturated/α-hetero) is 1. The normalized spacial score (nSPS) is 14.7. The van der Waals surface area contributed by atoms with E-state index in [0.717, 1.165) is 0 Å². The van der Waals surface area contributed by atoms with Crippen LogP contribution in [0.3, 0.4) is 0 Å². The van der Waals surface area contributed by atoms with Gasteiger partial charge in [0.25, 0.3) is 0 Å². The van der Waals surface area contributed by atoms with Crippen molar-refractivity contribution in [3.63, 3.8) is 0 Å². The predicted octanol–water partition coefficient (Wildman–Crippen LogP) is -0.423. The minimum absolute atomic E-state index is 0.157. The van der Waals surface area contributed by atoms with E-state index < -0.39 is 41.6 Å². The van der Waals surface area contributed by atoms with E-state index in [1.807, 2.05) is 0 Å². The Balaban J connectivity index is 4.59. The van der Waals surface area contributed by atoms with E-state index in [2.05, 4.69) is 10.6 Å². The number of carbonyl (C=O) groups excluding carboxylic acids is 2. The molecule has 0 aromatic rings. The number of hydrogen-bond donors (Lipinski definition) is 4. The summed E-state index contributed by atoms with van der Waals surface area (Å²) in [4.78, 5) is 45.5. The first kappa shape index (κ1) is 20.4. The van der Waals surface area contributed by atoms with Gasteiger partial charge in [0.05, 0.1) is 12.5 Å². The number of nitrogens with one attached hydrogen (secondary N) is 2. The van der Waals surface area contributed by atoms with Gasteiger partial charge in [0, 0.05) is 18.1 Å². The highest BCUT2D eigenvalue weighted by Crippen LogP contribution is 2.09. The molecule has 22 heavy (non-hydrogen) atoms. The van der Waals surface area contributed by atoms with Crippen LogP contribution in [0.15, 0.2) is 0 Å². The van der Waals surface area contributed by atoms with Crippen LogP contribution in [0.1, 0.15) is 19.8 Å². The molecule has 0 spiro atoms. The quantitative estimate of drug-likeness (QED) is 0.400. The number of carboxylic acids is 2. The van der Waals surface area contributed by atoms with E-state index in [4.69, 9.17) is 10.2 Å². The van der Waals surface area contributed by atoms with Crippen molar-refractivity contribution in [3.8, 4) is 0 Å². The molecule has 9 heteroatoms. The lowest BCUT2D eigenvalue weighted by atomic mass is 9.97. The summed E-state index contributed by atoms with van der Waals surface area (Å²) in [5.74, 6) is -3.71. The highest BCUT2D eigenvalue weighted by atomic mass is 32.2. The zero-order valence-corrected chi connectivity index (χ0v) is 13.6. The van der Waals surface area contributed by atoms with Crippen molar-refractivity contribution in [2.24, 2.45) is 5.92 Å². The van der Waals surface area contributed by atoms with E-state index >= 15 is 0 Å². The topological polar surface area (TPSA) is 133 Å². The fourth-order valence-corrected chi connectivity index (χ4v) is 2.30. The van der Waals surface area contributed by atoms with Gasteiger partial charge in [-0.15, -0.1) is 0 Å². The van der Waals surface area contributed by atoms with Gasteiger partial charge in [0.2, 0.25) is 5.91 Å². The number of aliphatic carboxylic acids is 2. The van der Waals surface area contributed by atoms with Crippen LogP contribution in [0.5, 0.6) is 0 Å². The van der Waals surface area contributed by atoms with E-state index in [1.165, 1.54) is 25.7 Å². The Kier molecular flexibility index (Phi) is 9.43. The van der Waals surface area contributed by atoms with Crippen LogP contribution in [-0.2, 0) is 19.2 Å². The third-order valence-corrected chi connectivity index (χ3v) is 3.69. The van der Waals surface area contributed by atoms with E-state index in [9.17, 15) is 19.2 Å². The maximum atomic E-state index is 11.9. The molecule has 0 fully saturated rings. The second-order valence-electron chi connectivity index (χ2n) is 4.87. The van der Waals surface area contributed by atoms with Gasteiger partial charge >= 0.3 is 11.9 Å². The van der Waals surface area contributed by atoms with E-state index in [0.29, 0.717) is 0 Å². The van der Waals surface area contributed by atoms with Crippen molar-refractivity contribution in [1.29, 1.82) is 0 Å². The molecule has 0 aliphatic rings. The molecule has 0 heterocycles. The fourth-order valence-electron chi connectivity index (χ4n) is 1.74. The Labute approximate surface area is 133 Å². The molecule has 0 aliphatic carbocycles. The van der Waals surface area contributed by atoms with Crippen LogP contribution >= 0.6 is 11.8 Å². The first-order valence-corrected chi connectivity index (χ1v) is 8.06. The number of likely N-dealkylation sites (N-methyl/N-ethyl adjacent to an activating group) is 1. The van der Waals surface area contributed by atoms with Crippen LogP contribution in [0.25, 0.3) is 0 Å². The summed E-state index contributed by atoms with van der Waals surface area (Å²) in [5, 5.41) is 22.6. The van der Waals surface area contributed by atoms with E-state index in [-0.39, 0.29) is 18.6 Å². The molecule has 8 nitrogen and oxygen atoms in total. The smallest absolute Gasteiger partial charge is 0.327 e. The van der Waals surface area contributed by atoms with Crippen molar-refractivity contribution in [1.82, 2.24) is 10.6 Å². The number of ketones is 1. The summed E-state index contributed by atoms with van der Waals surface area (Å²) in [6, 6.07) is -1.88. The van der Waals surface area contributed by atoms with Gasteiger partial charge in [-0.05, 0) is 13.3 Å². The second kappa shape index (κ2) is 10.2. The number of amides is 1.